The molecule has 0 aliphatic heterocycles. The first kappa shape index (κ1) is 19.1. The second kappa shape index (κ2) is 7.92. The van der Waals surface area contributed by atoms with Crippen LogP contribution < -0.4 is 4.80 Å². The number of hydrogen-bond donors (Lipinski definition) is 0. The molecule has 0 bridgehead atoms. The lowest BCUT2D eigenvalue weighted by atomic mass is 10.2. The van der Waals surface area contributed by atoms with Crippen molar-refractivity contribution in [3.8, 4) is 0 Å². The lowest BCUT2D eigenvalue weighted by Gasteiger charge is -2.06. The van der Waals surface area contributed by atoms with E-state index in [1.807, 2.05) is 36.6 Å². The van der Waals surface area contributed by atoms with Crippen LogP contribution in [0.3, 0.4) is 0 Å². The van der Waals surface area contributed by atoms with Gasteiger partial charge < -0.3 is 9.30 Å². The van der Waals surface area contributed by atoms with Gasteiger partial charge in [0.15, 0.2) is 0 Å². The van der Waals surface area contributed by atoms with Gasteiger partial charge in [0.05, 0.1) is 21.7 Å². The van der Waals surface area contributed by atoms with E-state index in [1.54, 1.807) is 12.1 Å². The topological polar surface area (TPSA) is 60.7 Å². The van der Waals surface area contributed by atoms with Crippen molar-refractivity contribution in [2.75, 3.05) is 13.2 Å². The van der Waals surface area contributed by atoms with Crippen molar-refractivity contribution in [2.24, 2.45) is 4.40 Å². The summed E-state index contributed by atoms with van der Waals surface area (Å²) in [5.41, 5.74) is 2.06. The van der Waals surface area contributed by atoms with E-state index < -0.39 is 10.0 Å². The summed E-state index contributed by atoms with van der Waals surface area (Å²) in [4.78, 5) is 0.548. The third-order valence-electron chi connectivity index (χ3n) is 3.81. The molecule has 3 rings (SSSR count). The maximum absolute atomic E-state index is 12.7. The molecule has 8 heteroatoms. The van der Waals surface area contributed by atoms with Crippen LogP contribution in [0.15, 0.2) is 51.8 Å². The van der Waals surface area contributed by atoms with Crippen LogP contribution in [-0.2, 0) is 21.3 Å². The number of sulfonamides is 1. The zero-order valence-electron chi connectivity index (χ0n) is 14.5. The Morgan fingerprint density at radius 3 is 2.62 bits per heavy atom. The zero-order valence-corrected chi connectivity index (χ0v) is 16.9. The lowest BCUT2D eigenvalue weighted by Crippen LogP contribution is -2.19. The summed E-state index contributed by atoms with van der Waals surface area (Å²) in [7, 11) is -3.83. The van der Waals surface area contributed by atoms with Gasteiger partial charge in [0.2, 0.25) is 4.80 Å². The van der Waals surface area contributed by atoms with Gasteiger partial charge in [-0.05, 0) is 55.8 Å². The second-order valence-electron chi connectivity index (χ2n) is 5.72. The van der Waals surface area contributed by atoms with Crippen LogP contribution in [0.5, 0.6) is 0 Å². The highest BCUT2D eigenvalue weighted by atomic mass is 35.5. The molecule has 0 N–H and O–H groups in total. The molecule has 26 heavy (non-hydrogen) atoms. The Balaban J connectivity index is 2.14. The normalized spacial score (nSPS) is 12.8. The fraction of sp³-hybridized carbons (Fsp3) is 0.278. The van der Waals surface area contributed by atoms with E-state index in [1.165, 1.54) is 23.5 Å². The first-order valence-corrected chi connectivity index (χ1v) is 10.8. The predicted octanol–water partition coefficient (Wildman–Crippen LogP) is 3.99. The fourth-order valence-electron chi connectivity index (χ4n) is 2.53. The van der Waals surface area contributed by atoms with E-state index >= 15 is 0 Å². The molecule has 1 heterocycles. The van der Waals surface area contributed by atoms with Crippen molar-refractivity contribution in [2.45, 2.75) is 25.3 Å². The number of aryl methyl sites for hydroxylation is 1. The lowest BCUT2D eigenvalue weighted by molar-refractivity contribution is 0.139. The smallest absolute Gasteiger partial charge is 0.285 e. The van der Waals surface area contributed by atoms with E-state index in [0.29, 0.717) is 29.6 Å². The molecule has 0 atom stereocenters. The Morgan fingerprint density at radius 1 is 1.19 bits per heavy atom. The monoisotopic (exact) mass is 410 g/mol. The summed E-state index contributed by atoms with van der Waals surface area (Å²) in [6, 6.07) is 12.0. The summed E-state index contributed by atoms with van der Waals surface area (Å²) in [6.07, 6.45) is 0. The van der Waals surface area contributed by atoms with Crippen molar-refractivity contribution in [1.29, 1.82) is 0 Å². The molecule has 0 fully saturated rings. The molecule has 138 valence electrons. The molecular weight excluding hydrogens is 392 g/mol. The van der Waals surface area contributed by atoms with Crippen LogP contribution in [0, 0.1) is 6.92 Å². The molecule has 1 aromatic heterocycles. The Hall–Kier alpha value is -1.67. The molecule has 0 saturated carbocycles. The van der Waals surface area contributed by atoms with Crippen molar-refractivity contribution >= 4 is 43.2 Å². The summed E-state index contributed by atoms with van der Waals surface area (Å²) in [5.74, 6) is 0. The number of halogens is 1. The summed E-state index contributed by atoms with van der Waals surface area (Å²) >= 11 is 7.20. The van der Waals surface area contributed by atoms with Gasteiger partial charge >= 0.3 is 0 Å². The third kappa shape index (κ3) is 4.17. The number of nitrogens with zero attached hydrogens (tertiary/aromatic N) is 2. The maximum Gasteiger partial charge on any atom is 0.285 e. The maximum atomic E-state index is 12.7. The van der Waals surface area contributed by atoms with Gasteiger partial charge in [-0.15, -0.1) is 4.40 Å². The zero-order chi connectivity index (χ0) is 18.7. The van der Waals surface area contributed by atoms with Gasteiger partial charge in [0.25, 0.3) is 10.0 Å². The Bertz CT molecular complexity index is 1080. The SMILES string of the molecule is CCOCCn1/c(=N/S(=O)(=O)c2ccc(Cl)cc2)sc2cc(C)ccc21. The molecule has 2 aromatic carbocycles. The van der Waals surface area contributed by atoms with Gasteiger partial charge in [-0.1, -0.05) is 29.0 Å². The molecule has 0 spiro atoms. The largest absolute Gasteiger partial charge is 0.380 e. The van der Waals surface area contributed by atoms with Gasteiger partial charge in [-0.25, -0.2) is 0 Å². The van der Waals surface area contributed by atoms with Gasteiger partial charge in [0, 0.05) is 18.2 Å². The molecule has 0 aliphatic carbocycles. The highest BCUT2D eigenvalue weighted by Crippen LogP contribution is 2.20. The predicted molar refractivity (Wildman–Crippen MR) is 105 cm³/mol. The van der Waals surface area contributed by atoms with E-state index in [9.17, 15) is 8.42 Å². The highest BCUT2D eigenvalue weighted by molar-refractivity contribution is 7.90. The second-order valence-corrected chi connectivity index (χ2v) is 8.77. The van der Waals surface area contributed by atoms with Crippen LogP contribution in [0.2, 0.25) is 5.02 Å². The quantitative estimate of drug-likeness (QED) is 0.577. The molecule has 0 amide bonds. The molecular formula is C18H19ClN2O3S2. The molecule has 0 aliphatic rings. The van der Waals surface area contributed by atoms with E-state index in [-0.39, 0.29) is 4.90 Å². The fourth-order valence-corrected chi connectivity index (χ4v) is 5.01. The van der Waals surface area contributed by atoms with Crippen molar-refractivity contribution in [1.82, 2.24) is 4.57 Å². The average molecular weight is 411 g/mol. The number of hydrogen-bond acceptors (Lipinski definition) is 4. The minimum atomic E-state index is -3.83. The van der Waals surface area contributed by atoms with E-state index in [2.05, 4.69) is 4.40 Å². The van der Waals surface area contributed by atoms with Crippen molar-refractivity contribution in [3.05, 3.63) is 57.9 Å². The number of aromatic nitrogens is 1. The van der Waals surface area contributed by atoms with Crippen molar-refractivity contribution < 1.29 is 13.2 Å². The molecule has 5 nitrogen and oxygen atoms in total. The van der Waals surface area contributed by atoms with Gasteiger partial charge in [-0.2, -0.15) is 8.42 Å². The van der Waals surface area contributed by atoms with Gasteiger partial charge in [-0.3, -0.25) is 0 Å². The number of ether oxygens (including phenoxy) is 1. The van der Waals surface area contributed by atoms with Crippen LogP contribution in [-0.4, -0.2) is 26.2 Å². The highest BCUT2D eigenvalue weighted by Gasteiger charge is 2.15. The van der Waals surface area contributed by atoms with Crippen molar-refractivity contribution in [3.63, 3.8) is 0 Å². The van der Waals surface area contributed by atoms with Crippen LogP contribution in [0.4, 0.5) is 0 Å². The Morgan fingerprint density at radius 2 is 1.92 bits per heavy atom. The minimum absolute atomic E-state index is 0.117. The van der Waals surface area contributed by atoms with Crippen LogP contribution >= 0.6 is 22.9 Å². The average Bonchev–Trinajstić information content (AvgIpc) is 2.91. The minimum Gasteiger partial charge on any atom is -0.380 e. The number of thiazole rings is 1. The van der Waals surface area contributed by atoms with Crippen LogP contribution in [0.1, 0.15) is 12.5 Å². The molecule has 0 saturated heterocycles. The van der Waals surface area contributed by atoms with Gasteiger partial charge in [0.1, 0.15) is 0 Å². The molecule has 0 radical (unpaired) electrons. The first-order chi connectivity index (χ1) is 12.4. The van der Waals surface area contributed by atoms with Crippen LogP contribution in [0.25, 0.3) is 10.2 Å². The Kier molecular flexibility index (Phi) is 5.82. The molecule has 3 aromatic rings. The number of rotatable bonds is 6. The first-order valence-electron chi connectivity index (χ1n) is 8.15. The summed E-state index contributed by atoms with van der Waals surface area (Å²) in [6.45, 7) is 5.56. The molecule has 0 unspecified atom stereocenters. The number of fused-ring (bicyclic) bond motifs is 1. The van der Waals surface area contributed by atoms with E-state index in [4.69, 9.17) is 16.3 Å². The standard InChI is InChI=1S/C18H19ClN2O3S2/c1-3-24-11-10-21-16-9-4-13(2)12-17(16)25-18(21)20-26(22,23)15-7-5-14(19)6-8-15/h4-9,12H,3,10-11H2,1-2H3/b20-18-. The summed E-state index contributed by atoms with van der Waals surface area (Å²) < 4.78 is 37.8. The summed E-state index contributed by atoms with van der Waals surface area (Å²) in [5, 5.41) is 0.480. The van der Waals surface area contributed by atoms with E-state index in [0.717, 1.165) is 15.8 Å². The number of benzene rings is 2. The third-order valence-corrected chi connectivity index (χ3v) is 6.50. The Labute approximate surface area is 161 Å².